The Hall–Kier alpha value is -1.29. The molecule has 0 aliphatic carbocycles. The summed E-state index contributed by atoms with van der Waals surface area (Å²) in [6, 6.07) is 2.80. The van der Waals surface area contributed by atoms with Gasteiger partial charge in [0.1, 0.15) is 11.6 Å². The monoisotopic (exact) mass is 287 g/mol. The summed E-state index contributed by atoms with van der Waals surface area (Å²) in [5, 5.41) is 3.28. The van der Waals surface area contributed by atoms with Gasteiger partial charge in [0.2, 0.25) is 0 Å². The molecule has 4 heteroatoms. The van der Waals surface area contributed by atoms with Gasteiger partial charge in [0.05, 0.1) is 5.56 Å². The maximum atomic E-state index is 12.4. The molecule has 0 aromatic heterocycles. The number of unbranched alkanes of at least 4 members (excludes halogenated alkanes) is 2. The molecule has 0 bridgehead atoms. The molecule has 1 rings (SSSR count). The van der Waals surface area contributed by atoms with Gasteiger partial charge in [-0.15, -0.1) is 0 Å². The first-order valence-electron chi connectivity index (χ1n) is 7.26. The van der Waals surface area contributed by atoms with Crippen LogP contribution in [0.5, 0.6) is 0 Å². The normalized spacial score (nSPS) is 8.90. The summed E-state index contributed by atoms with van der Waals surface area (Å²) >= 11 is 0. The molecule has 0 fully saturated rings. The molecule has 1 aromatic rings. The zero-order chi connectivity index (χ0) is 15.8. The first-order chi connectivity index (χ1) is 9.65. The van der Waals surface area contributed by atoms with Crippen LogP contribution in [0, 0.1) is 11.6 Å². The molecule has 0 amide bonds. The van der Waals surface area contributed by atoms with E-state index in [2.05, 4.69) is 19.2 Å². The molecule has 116 valence electrons. The van der Waals surface area contributed by atoms with Crippen LogP contribution in [0.15, 0.2) is 18.2 Å². The van der Waals surface area contributed by atoms with E-state index in [-0.39, 0.29) is 5.56 Å². The largest absolute Gasteiger partial charge is 0.317 e. The molecule has 20 heavy (non-hydrogen) atoms. The molecular formula is C16H27F2NO. The number of hydrogen-bond donors (Lipinski definition) is 1. The van der Waals surface area contributed by atoms with Gasteiger partial charge in [0, 0.05) is 6.07 Å². The fraction of sp³-hybridized carbons (Fsp3) is 0.562. The van der Waals surface area contributed by atoms with Gasteiger partial charge in [-0.05, 0) is 31.6 Å². The molecule has 0 aliphatic heterocycles. The van der Waals surface area contributed by atoms with E-state index in [1.165, 1.54) is 25.8 Å². The Labute approximate surface area is 121 Å². The summed E-state index contributed by atoms with van der Waals surface area (Å²) < 4.78 is 24.5. The average Bonchev–Trinajstić information content (AvgIpc) is 2.47. The molecule has 0 spiro atoms. The van der Waals surface area contributed by atoms with E-state index < -0.39 is 11.6 Å². The minimum Gasteiger partial charge on any atom is -0.317 e. The molecule has 0 heterocycles. The van der Waals surface area contributed by atoms with Crippen LogP contribution in [0.1, 0.15) is 57.3 Å². The Morgan fingerprint density at radius 2 is 1.80 bits per heavy atom. The zero-order valence-electron chi connectivity index (χ0n) is 13.0. The number of halogens is 2. The number of benzene rings is 1. The second-order valence-corrected chi connectivity index (χ2v) is 3.84. The predicted octanol–water partition coefficient (Wildman–Crippen LogP) is 4.59. The number of carbonyl (C=O) groups excluding carboxylic acids is 1. The third kappa shape index (κ3) is 11.8. The summed E-state index contributed by atoms with van der Waals surface area (Å²) in [6.45, 7) is 10.7. The Bertz CT molecular complexity index is 337. The zero-order valence-corrected chi connectivity index (χ0v) is 13.0. The van der Waals surface area contributed by atoms with Crippen molar-refractivity contribution in [2.75, 3.05) is 13.1 Å². The van der Waals surface area contributed by atoms with Gasteiger partial charge < -0.3 is 5.32 Å². The van der Waals surface area contributed by atoms with Crippen molar-refractivity contribution in [3.05, 3.63) is 35.4 Å². The fourth-order valence-electron chi connectivity index (χ4n) is 1.27. The van der Waals surface area contributed by atoms with E-state index in [1.807, 2.05) is 13.8 Å². The van der Waals surface area contributed by atoms with E-state index in [4.69, 9.17) is 0 Å². The molecule has 0 aliphatic rings. The van der Waals surface area contributed by atoms with Gasteiger partial charge >= 0.3 is 0 Å². The fourth-order valence-corrected chi connectivity index (χ4v) is 1.27. The third-order valence-electron chi connectivity index (χ3n) is 2.30. The lowest BCUT2D eigenvalue weighted by atomic mass is 10.2. The van der Waals surface area contributed by atoms with Gasteiger partial charge in [-0.25, -0.2) is 8.78 Å². The average molecular weight is 287 g/mol. The third-order valence-corrected chi connectivity index (χ3v) is 2.30. The van der Waals surface area contributed by atoms with Crippen molar-refractivity contribution in [3.63, 3.8) is 0 Å². The smallest absolute Gasteiger partial charge is 0.152 e. The highest BCUT2D eigenvalue weighted by molar-refractivity contribution is 5.74. The van der Waals surface area contributed by atoms with E-state index in [0.29, 0.717) is 12.4 Å². The Morgan fingerprint density at radius 1 is 1.15 bits per heavy atom. The minimum atomic E-state index is -0.824. The minimum absolute atomic E-state index is 0.124. The van der Waals surface area contributed by atoms with Crippen molar-refractivity contribution in [1.82, 2.24) is 5.32 Å². The Kier molecular flexibility index (Phi) is 16.6. The number of hydrogen-bond acceptors (Lipinski definition) is 2. The lowest BCUT2D eigenvalue weighted by molar-refractivity contribution is 0.111. The van der Waals surface area contributed by atoms with Crippen molar-refractivity contribution < 1.29 is 13.6 Å². The van der Waals surface area contributed by atoms with Crippen molar-refractivity contribution in [3.8, 4) is 0 Å². The molecule has 1 N–H and O–H groups in total. The quantitative estimate of drug-likeness (QED) is 0.612. The summed E-state index contributed by atoms with van der Waals surface area (Å²) in [7, 11) is 0. The lowest BCUT2D eigenvalue weighted by Gasteiger charge is -1.97. The van der Waals surface area contributed by atoms with Gasteiger partial charge in [-0.1, -0.05) is 40.5 Å². The van der Waals surface area contributed by atoms with Crippen molar-refractivity contribution in [2.45, 2.75) is 47.0 Å². The van der Waals surface area contributed by atoms with Crippen LogP contribution in [-0.4, -0.2) is 19.4 Å². The molecular weight excluding hydrogens is 260 g/mol. The van der Waals surface area contributed by atoms with Crippen LogP contribution in [0.2, 0.25) is 0 Å². The summed E-state index contributed by atoms with van der Waals surface area (Å²) in [5.74, 6) is -1.50. The molecule has 0 atom stereocenters. The maximum absolute atomic E-state index is 12.4. The summed E-state index contributed by atoms with van der Waals surface area (Å²) in [6.07, 6.45) is 4.37. The second-order valence-electron chi connectivity index (χ2n) is 3.84. The van der Waals surface area contributed by atoms with Gasteiger partial charge in [0.15, 0.2) is 6.29 Å². The van der Waals surface area contributed by atoms with Crippen molar-refractivity contribution in [1.29, 1.82) is 0 Å². The van der Waals surface area contributed by atoms with E-state index >= 15 is 0 Å². The van der Waals surface area contributed by atoms with E-state index in [1.54, 1.807) is 0 Å². The topological polar surface area (TPSA) is 29.1 Å². The van der Waals surface area contributed by atoms with Crippen molar-refractivity contribution in [2.24, 2.45) is 0 Å². The molecule has 1 aromatic carbocycles. The van der Waals surface area contributed by atoms with E-state index in [0.717, 1.165) is 18.7 Å². The van der Waals surface area contributed by atoms with Crippen LogP contribution >= 0.6 is 0 Å². The second kappa shape index (κ2) is 15.8. The number of rotatable bonds is 6. The van der Waals surface area contributed by atoms with Gasteiger partial charge in [-0.2, -0.15) is 0 Å². The lowest BCUT2D eigenvalue weighted by Crippen LogP contribution is -2.13. The Morgan fingerprint density at radius 3 is 2.25 bits per heavy atom. The predicted molar refractivity (Wildman–Crippen MR) is 81.2 cm³/mol. The maximum Gasteiger partial charge on any atom is 0.152 e. The number of carbonyl (C=O) groups is 1. The SMILES string of the molecule is CC.CCCCCNCC.O=Cc1ccc(F)cc1F. The number of nitrogens with one attached hydrogen (secondary N) is 1. The number of aldehydes is 1. The summed E-state index contributed by atoms with van der Waals surface area (Å²) in [5.41, 5.74) is -0.124. The van der Waals surface area contributed by atoms with Gasteiger partial charge in [-0.3, -0.25) is 4.79 Å². The molecule has 0 unspecified atom stereocenters. The summed E-state index contributed by atoms with van der Waals surface area (Å²) in [4.78, 5) is 9.98. The highest BCUT2D eigenvalue weighted by Crippen LogP contribution is 2.06. The highest BCUT2D eigenvalue weighted by atomic mass is 19.1. The standard InChI is InChI=1S/C7H4F2O.C7H17N.C2H6/c8-6-2-1-5(4-10)7(9)3-6;1-3-5-6-7-8-4-2;1-2/h1-4H;8H,3-7H2,1-2H3;1-2H3. The van der Waals surface area contributed by atoms with Crippen LogP contribution < -0.4 is 5.32 Å². The molecule has 2 nitrogen and oxygen atoms in total. The van der Waals surface area contributed by atoms with E-state index in [9.17, 15) is 13.6 Å². The molecule has 0 saturated carbocycles. The van der Waals surface area contributed by atoms with Crippen LogP contribution in [0.4, 0.5) is 8.78 Å². The highest BCUT2D eigenvalue weighted by Gasteiger charge is 2.00. The molecule has 0 radical (unpaired) electrons. The Balaban J connectivity index is 0. The molecule has 0 saturated heterocycles. The van der Waals surface area contributed by atoms with Gasteiger partial charge in [0.25, 0.3) is 0 Å². The first-order valence-corrected chi connectivity index (χ1v) is 7.26. The first kappa shape index (κ1) is 21.0. The van der Waals surface area contributed by atoms with Crippen LogP contribution in [-0.2, 0) is 0 Å². The van der Waals surface area contributed by atoms with Crippen molar-refractivity contribution >= 4 is 6.29 Å². The van der Waals surface area contributed by atoms with Crippen LogP contribution in [0.3, 0.4) is 0 Å². The van der Waals surface area contributed by atoms with Crippen LogP contribution in [0.25, 0.3) is 0 Å².